The number of rotatable bonds is 17. The second kappa shape index (κ2) is 17.2. The van der Waals surface area contributed by atoms with E-state index in [4.69, 9.17) is 9.84 Å². The zero-order chi connectivity index (χ0) is 16.5. The highest BCUT2D eigenvalue weighted by molar-refractivity contribution is 4.62. The van der Waals surface area contributed by atoms with Gasteiger partial charge in [0.25, 0.3) is 0 Å². The van der Waals surface area contributed by atoms with E-state index >= 15 is 0 Å². The number of aliphatic hydroxyl groups excluding tert-OH is 3. The molecule has 0 aliphatic heterocycles. The topological polar surface area (TPSA) is 69.9 Å². The summed E-state index contributed by atoms with van der Waals surface area (Å²) < 4.78 is 5.49. The zero-order valence-corrected chi connectivity index (χ0v) is 14.5. The number of hydrogen-bond donors (Lipinski definition) is 3. The quantitative estimate of drug-likeness (QED) is 0.359. The van der Waals surface area contributed by atoms with E-state index in [0.29, 0.717) is 13.0 Å². The fraction of sp³-hybridized carbons (Fsp3) is 1.00. The molecule has 0 spiro atoms. The molecule has 0 aromatic heterocycles. The van der Waals surface area contributed by atoms with Crippen molar-refractivity contribution in [2.45, 2.75) is 96.2 Å². The maximum absolute atomic E-state index is 9.58. The van der Waals surface area contributed by atoms with Crippen LogP contribution in [0, 0.1) is 0 Å². The van der Waals surface area contributed by atoms with Crippen LogP contribution in [-0.2, 0) is 4.74 Å². The van der Waals surface area contributed by atoms with Gasteiger partial charge in [-0.05, 0) is 12.8 Å². The lowest BCUT2D eigenvalue weighted by molar-refractivity contribution is 0.0231. The Bertz CT molecular complexity index is 211. The van der Waals surface area contributed by atoms with Crippen LogP contribution >= 0.6 is 0 Å². The Hall–Kier alpha value is -0.160. The first kappa shape index (κ1) is 21.8. The minimum absolute atomic E-state index is 0.220. The number of aliphatic hydroxyl groups is 3. The van der Waals surface area contributed by atoms with E-state index in [2.05, 4.69) is 6.92 Å². The second-order valence-corrected chi connectivity index (χ2v) is 6.31. The molecule has 0 rings (SSSR count). The predicted molar refractivity (Wildman–Crippen MR) is 91.0 cm³/mol. The van der Waals surface area contributed by atoms with Gasteiger partial charge in [0.1, 0.15) is 0 Å². The average Bonchev–Trinajstić information content (AvgIpc) is 2.51. The molecule has 4 nitrogen and oxygen atoms in total. The molecule has 22 heavy (non-hydrogen) atoms. The monoisotopic (exact) mass is 318 g/mol. The summed E-state index contributed by atoms with van der Waals surface area (Å²) in [5.74, 6) is 0. The zero-order valence-electron chi connectivity index (χ0n) is 14.5. The van der Waals surface area contributed by atoms with Crippen LogP contribution in [0.5, 0.6) is 0 Å². The van der Waals surface area contributed by atoms with Gasteiger partial charge >= 0.3 is 0 Å². The molecular weight excluding hydrogens is 280 g/mol. The summed E-state index contributed by atoms with van der Waals surface area (Å²) in [5, 5.41) is 27.4. The van der Waals surface area contributed by atoms with E-state index in [-0.39, 0.29) is 13.0 Å². The molecule has 0 aromatic rings. The molecule has 0 aliphatic carbocycles. The summed E-state index contributed by atoms with van der Waals surface area (Å²) in [5.41, 5.74) is 0. The molecular formula is C18H38O4. The molecule has 134 valence electrons. The van der Waals surface area contributed by atoms with Crippen molar-refractivity contribution in [1.82, 2.24) is 0 Å². The minimum Gasteiger partial charge on any atom is -0.394 e. The van der Waals surface area contributed by atoms with Crippen molar-refractivity contribution in [3.05, 3.63) is 0 Å². The van der Waals surface area contributed by atoms with Gasteiger partial charge in [-0.25, -0.2) is 0 Å². The molecule has 3 N–H and O–H groups in total. The number of unbranched alkanes of at least 4 members (excludes halogenated alkanes) is 9. The highest BCUT2D eigenvalue weighted by Gasteiger charge is 2.10. The standard InChI is InChI=1S/C18H38O4/c1-2-3-4-5-6-7-8-9-10-11-13-22-14-12-17(20)15-18(21)16-19/h17-21H,2-16H2,1H3. The van der Waals surface area contributed by atoms with E-state index in [1.807, 2.05) is 0 Å². The predicted octanol–water partition coefficient (Wildman–Crippen LogP) is 3.42. The van der Waals surface area contributed by atoms with E-state index in [0.717, 1.165) is 13.0 Å². The molecule has 0 aromatic carbocycles. The maximum Gasteiger partial charge on any atom is 0.0795 e. The summed E-state index contributed by atoms with van der Waals surface area (Å²) in [6.45, 7) is 3.24. The van der Waals surface area contributed by atoms with Gasteiger partial charge in [-0.2, -0.15) is 0 Å². The smallest absolute Gasteiger partial charge is 0.0795 e. The Labute approximate surface area is 136 Å². The lowest BCUT2D eigenvalue weighted by Gasteiger charge is -2.13. The molecule has 2 atom stereocenters. The van der Waals surface area contributed by atoms with Gasteiger partial charge in [0.05, 0.1) is 18.8 Å². The van der Waals surface area contributed by atoms with Crippen LogP contribution in [0.4, 0.5) is 0 Å². The Morgan fingerprint density at radius 2 is 1.27 bits per heavy atom. The first-order valence-corrected chi connectivity index (χ1v) is 9.25. The third-order valence-electron chi connectivity index (χ3n) is 3.99. The van der Waals surface area contributed by atoms with Crippen LogP contribution in [0.15, 0.2) is 0 Å². The Morgan fingerprint density at radius 1 is 0.727 bits per heavy atom. The van der Waals surface area contributed by atoms with Gasteiger partial charge in [0.2, 0.25) is 0 Å². The third-order valence-corrected chi connectivity index (χ3v) is 3.99. The van der Waals surface area contributed by atoms with Crippen LogP contribution in [0.25, 0.3) is 0 Å². The average molecular weight is 318 g/mol. The first-order chi connectivity index (χ1) is 10.7. The van der Waals surface area contributed by atoms with Crippen LogP contribution in [-0.4, -0.2) is 47.3 Å². The van der Waals surface area contributed by atoms with Crippen molar-refractivity contribution in [1.29, 1.82) is 0 Å². The van der Waals surface area contributed by atoms with Gasteiger partial charge in [0.15, 0.2) is 0 Å². The molecule has 2 unspecified atom stereocenters. The summed E-state index contributed by atoms with van der Waals surface area (Å²) in [6, 6.07) is 0. The van der Waals surface area contributed by atoms with Crippen molar-refractivity contribution >= 4 is 0 Å². The first-order valence-electron chi connectivity index (χ1n) is 9.25. The molecule has 0 aliphatic rings. The van der Waals surface area contributed by atoms with Gasteiger partial charge in [-0.3, -0.25) is 0 Å². The summed E-state index contributed by atoms with van der Waals surface area (Å²) in [7, 11) is 0. The largest absolute Gasteiger partial charge is 0.394 e. The van der Waals surface area contributed by atoms with Gasteiger partial charge in [-0.15, -0.1) is 0 Å². The van der Waals surface area contributed by atoms with Crippen LogP contribution in [0.2, 0.25) is 0 Å². The van der Waals surface area contributed by atoms with Gasteiger partial charge in [-0.1, -0.05) is 64.7 Å². The molecule has 0 fully saturated rings. The second-order valence-electron chi connectivity index (χ2n) is 6.31. The van der Waals surface area contributed by atoms with Crippen LogP contribution < -0.4 is 0 Å². The lowest BCUT2D eigenvalue weighted by Crippen LogP contribution is -2.22. The van der Waals surface area contributed by atoms with E-state index < -0.39 is 12.2 Å². The highest BCUT2D eigenvalue weighted by Crippen LogP contribution is 2.10. The number of hydrogen-bond acceptors (Lipinski definition) is 4. The molecule has 4 heteroatoms. The summed E-state index contributed by atoms with van der Waals surface area (Å²) in [6.07, 6.45) is 12.5. The molecule has 0 bridgehead atoms. The maximum atomic E-state index is 9.58. The minimum atomic E-state index is -0.822. The summed E-state index contributed by atoms with van der Waals surface area (Å²) in [4.78, 5) is 0. The molecule has 0 amide bonds. The fourth-order valence-electron chi connectivity index (χ4n) is 2.52. The van der Waals surface area contributed by atoms with Crippen molar-refractivity contribution in [3.8, 4) is 0 Å². The normalized spacial score (nSPS) is 14.2. The van der Waals surface area contributed by atoms with Crippen molar-refractivity contribution in [3.63, 3.8) is 0 Å². The third kappa shape index (κ3) is 16.2. The Kier molecular flexibility index (Phi) is 17.1. The van der Waals surface area contributed by atoms with Gasteiger partial charge in [0, 0.05) is 19.6 Å². The van der Waals surface area contributed by atoms with E-state index in [1.165, 1.54) is 57.8 Å². The van der Waals surface area contributed by atoms with Crippen molar-refractivity contribution in [2.24, 2.45) is 0 Å². The SMILES string of the molecule is CCCCCCCCCCCCOCCC(O)CC(O)CO. The van der Waals surface area contributed by atoms with Gasteiger partial charge < -0.3 is 20.1 Å². The molecule has 0 saturated heterocycles. The molecule has 0 saturated carbocycles. The Morgan fingerprint density at radius 3 is 1.82 bits per heavy atom. The summed E-state index contributed by atoms with van der Waals surface area (Å²) >= 11 is 0. The number of ether oxygens (including phenoxy) is 1. The highest BCUT2D eigenvalue weighted by atomic mass is 16.5. The van der Waals surface area contributed by atoms with Crippen molar-refractivity contribution in [2.75, 3.05) is 19.8 Å². The lowest BCUT2D eigenvalue weighted by atomic mass is 10.1. The van der Waals surface area contributed by atoms with E-state index in [1.54, 1.807) is 0 Å². The van der Waals surface area contributed by atoms with E-state index in [9.17, 15) is 10.2 Å². The van der Waals surface area contributed by atoms with Crippen LogP contribution in [0.1, 0.15) is 84.0 Å². The Balaban J connectivity index is 3.11. The molecule has 0 radical (unpaired) electrons. The molecule has 0 heterocycles. The fourth-order valence-corrected chi connectivity index (χ4v) is 2.52. The van der Waals surface area contributed by atoms with Crippen LogP contribution in [0.3, 0.4) is 0 Å². The van der Waals surface area contributed by atoms with Crippen molar-refractivity contribution < 1.29 is 20.1 Å².